The smallest absolute Gasteiger partial charge is 0.303 e. The Kier molecular flexibility index (Phi) is 13.4. The summed E-state index contributed by atoms with van der Waals surface area (Å²) in [6, 6.07) is 8.29. The van der Waals surface area contributed by atoms with E-state index in [1.54, 1.807) is 0 Å². The number of hydrogen-bond acceptors (Lipinski definition) is 4. The molecule has 0 aliphatic heterocycles. The molecule has 32 heavy (non-hydrogen) atoms. The summed E-state index contributed by atoms with van der Waals surface area (Å²) < 4.78 is 0. The minimum Gasteiger partial charge on any atom is -0.481 e. The zero-order valence-corrected chi connectivity index (χ0v) is 19.7. The number of unbranched alkanes of at least 4 members (excludes halogenated alkanes) is 4. The maximum Gasteiger partial charge on any atom is 0.303 e. The van der Waals surface area contributed by atoms with Gasteiger partial charge in [0.1, 0.15) is 0 Å². The van der Waals surface area contributed by atoms with Crippen LogP contribution in [0, 0.1) is 6.92 Å². The van der Waals surface area contributed by atoms with E-state index in [-0.39, 0.29) is 12.8 Å². The second-order valence-corrected chi connectivity index (χ2v) is 8.04. The molecule has 0 heterocycles. The van der Waals surface area contributed by atoms with Crippen molar-refractivity contribution >= 4 is 23.3 Å². The van der Waals surface area contributed by atoms with Crippen molar-refractivity contribution in [1.82, 2.24) is 0 Å². The number of allylic oxidation sites excluding steroid dienone is 4. The molecule has 6 heteroatoms. The molecule has 0 saturated heterocycles. The number of hydrogen-bond donors (Lipinski definition) is 2. The SMILES string of the molecule is CC(/C=C/C=C(\C)N(CCCCCC(=O)O)c1ccccc1C)=N/CCCCCC(=O)O. The highest BCUT2D eigenvalue weighted by atomic mass is 16.4. The van der Waals surface area contributed by atoms with E-state index in [0.29, 0.717) is 19.4 Å². The van der Waals surface area contributed by atoms with Crippen LogP contribution in [0.15, 0.2) is 53.2 Å². The van der Waals surface area contributed by atoms with E-state index in [2.05, 4.69) is 41.9 Å². The Morgan fingerprint density at radius 3 is 2.19 bits per heavy atom. The second-order valence-electron chi connectivity index (χ2n) is 8.04. The normalized spacial score (nSPS) is 12.3. The van der Waals surface area contributed by atoms with Crippen LogP contribution in [0.25, 0.3) is 0 Å². The topological polar surface area (TPSA) is 90.2 Å². The van der Waals surface area contributed by atoms with E-state index in [1.807, 2.05) is 31.2 Å². The molecular weight excluding hydrogens is 404 g/mol. The summed E-state index contributed by atoms with van der Waals surface area (Å²) in [6.45, 7) is 7.71. The average molecular weight is 443 g/mol. The molecule has 0 aromatic heterocycles. The fourth-order valence-corrected chi connectivity index (χ4v) is 3.37. The first-order chi connectivity index (χ1) is 15.3. The summed E-state index contributed by atoms with van der Waals surface area (Å²) in [7, 11) is 0. The van der Waals surface area contributed by atoms with Gasteiger partial charge in [-0.25, -0.2) is 0 Å². The van der Waals surface area contributed by atoms with Crippen molar-refractivity contribution in [2.24, 2.45) is 4.99 Å². The number of anilines is 1. The maximum absolute atomic E-state index is 10.7. The maximum atomic E-state index is 10.7. The quantitative estimate of drug-likeness (QED) is 0.186. The lowest BCUT2D eigenvalue weighted by Gasteiger charge is -2.27. The van der Waals surface area contributed by atoms with Crippen LogP contribution in [0.4, 0.5) is 5.69 Å². The van der Waals surface area contributed by atoms with E-state index in [4.69, 9.17) is 10.2 Å². The molecule has 0 atom stereocenters. The van der Waals surface area contributed by atoms with E-state index in [1.165, 1.54) is 11.3 Å². The highest BCUT2D eigenvalue weighted by molar-refractivity contribution is 5.93. The van der Waals surface area contributed by atoms with Gasteiger partial charge in [-0.2, -0.15) is 0 Å². The summed E-state index contributed by atoms with van der Waals surface area (Å²) >= 11 is 0. The van der Waals surface area contributed by atoms with E-state index in [0.717, 1.165) is 43.6 Å². The number of para-hydroxylation sites is 1. The highest BCUT2D eigenvalue weighted by Gasteiger charge is 2.10. The fraction of sp³-hybridized carbons (Fsp3) is 0.500. The third-order valence-electron chi connectivity index (χ3n) is 5.19. The van der Waals surface area contributed by atoms with Gasteiger partial charge in [-0.05, 0) is 70.2 Å². The number of rotatable bonds is 16. The molecular formula is C26H38N2O4. The Hall–Kier alpha value is -2.89. The Bertz CT molecular complexity index is 812. The zero-order chi connectivity index (χ0) is 23.8. The lowest BCUT2D eigenvalue weighted by atomic mass is 10.1. The van der Waals surface area contributed by atoms with Crippen LogP contribution in [0.5, 0.6) is 0 Å². The number of aliphatic imine (C=N–C) groups is 1. The molecule has 1 aromatic carbocycles. The van der Waals surface area contributed by atoms with Gasteiger partial charge in [0.25, 0.3) is 0 Å². The summed E-state index contributed by atoms with van der Waals surface area (Å²) in [5.74, 6) is -1.48. The molecule has 0 amide bonds. The number of carbonyl (C=O) groups is 2. The van der Waals surface area contributed by atoms with Gasteiger partial charge in [0.2, 0.25) is 0 Å². The van der Waals surface area contributed by atoms with Gasteiger partial charge in [0.15, 0.2) is 0 Å². The fourth-order valence-electron chi connectivity index (χ4n) is 3.37. The second kappa shape index (κ2) is 15.8. The van der Waals surface area contributed by atoms with Crippen molar-refractivity contribution in [3.8, 4) is 0 Å². The minimum absolute atomic E-state index is 0.222. The Balaban J connectivity index is 2.67. The molecule has 0 unspecified atom stereocenters. The third-order valence-corrected chi connectivity index (χ3v) is 5.19. The number of aryl methyl sites for hydroxylation is 1. The lowest BCUT2D eigenvalue weighted by Crippen LogP contribution is -2.23. The minimum atomic E-state index is -0.741. The summed E-state index contributed by atoms with van der Waals surface area (Å²) in [4.78, 5) is 28.1. The number of carboxylic acid groups (broad SMARTS) is 2. The number of nitrogens with zero attached hydrogens (tertiary/aromatic N) is 2. The lowest BCUT2D eigenvalue weighted by molar-refractivity contribution is -0.138. The zero-order valence-electron chi connectivity index (χ0n) is 19.7. The van der Waals surface area contributed by atoms with E-state index < -0.39 is 11.9 Å². The summed E-state index contributed by atoms with van der Waals surface area (Å²) in [5, 5.41) is 17.5. The monoisotopic (exact) mass is 442 g/mol. The van der Waals surface area contributed by atoms with Gasteiger partial charge < -0.3 is 15.1 Å². The van der Waals surface area contributed by atoms with E-state index in [9.17, 15) is 9.59 Å². The van der Waals surface area contributed by atoms with Crippen molar-refractivity contribution in [3.63, 3.8) is 0 Å². The van der Waals surface area contributed by atoms with Crippen molar-refractivity contribution in [2.75, 3.05) is 18.0 Å². The van der Waals surface area contributed by atoms with Crippen LogP contribution in [-0.4, -0.2) is 41.0 Å². The first-order valence-electron chi connectivity index (χ1n) is 11.4. The molecule has 2 N–H and O–H groups in total. The van der Waals surface area contributed by atoms with Crippen LogP contribution >= 0.6 is 0 Å². The number of carboxylic acids is 2. The molecule has 0 radical (unpaired) electrons. The molecule has 0 fully saturated rings. The van der Waals surface area contributed by atoms with Gasteiger partial charge in [0.05, 0.1) is 0 Å². The summed E-state index contributed by atoms with van der Waals surface area (Å²) in [5.41, 5.74) is 4.44. The summed E-state index contributed by atoms with van der Waals surface area (Å²) in [6.07, 6.45) is 11.5. The first-order valence-corrected chi connectivity index (χ1v) is 11.4. The molecule has 0 bridgehead atoms. The highest BCUT2D eigenvalue weighted by Crippen LogP contribution is 2.24. The van der Waals surface area contributed by atoms with Gasteiger partial charge in [-0.1, -0.05) is 37.1 Å². The Labute approximate surface area is 192 Å². The van der Waals surface area contributed by atoms with Crippen LogP contribution in [0.2, 0.25) is 0 Å². The van der Waals surface area contributed by atoms with Gasteiger partial charge in [-0.3, -0.25) is 14.6 Å². The standard InChI is InChI=1S/C26H38N2O4/c1-21-13-8-9-16-24(21)28(20-11-5-7-18-26(31)32)23(3)15-12-14-22(2)27-19-10-4-6-17-25(29)30/h8-9,12-16H,4-7,10-11,17-20H2,1-3H3,(H,29,30)(H,31,32)/b14-12+,23-15+,27-22-. The van der Waals surface area contributed by atoms with Crippen molar-refractivity contribution in [3.05, 3.63) is 53.8 Å². The molecule has 0 saturated carbocycles. The van der Waals surface area contributed by atoms with Crippen molar-refractivity contribution in [2.45, 2.75) is 72.1 Å². The first kappa shape index (κ1) is 27.1. The molecule has 0 aliphatic carbocycles. The van der Waals surface area contributed by atoms with E-state index >= 15 is 0 Å². The Morgan fingerprint density at radius 2 is 1.56 bits per heavy atom. The van der Waals surface area contributed by atoms with Gasteiger partial charge >= 0.3 is 11.9 Å². The van der Waals surface area contributed by atoms with Gasteiger partial charge in [-0.15, -0.1) is 0 Å². The third kappa shape index (κ3) is 12.1. The van der Waals surface area contributed by atoms with Gasteiger partial charge in [0, 0.05) is 43.0 Å². The largest absolute Gasteiger partial charge is 0.481 e. The number of benzene rings is 1. The molecule has 0 aliphatic rings. The van der Waals surface area contributed by atoms with Crippen molar-refractivity contribution < 1.29 is 19.8 Å². The van der Waals surface area contributed by atoms with Crippen LogP contribution in [-0.2, 0) is 9.59 Å². The molecule has 176 valence electrons. The average Bonchev–Trinajstić information content (AvgIpc) is 2.73. The van der Waals surface area contributed by atoms with Crippen LogP contribution < -0.4 is 4.90 Å². The van der Waals surface area contributed by atoms with Crippen LogP contribution in [0.3, 0.4) is 0 Å². The molecule has 1 rings (SSSR count). The van der Waals surface area contributed by atoms with Crippen molar-refractivity contribution in [1.29, 1.82) is 0 Å². The van der Waals surface area contributed by atoms with Crippen LogP contribution in [0.1, 0.15) is 70.8 Å². The number of aliphatic carboxylic acids is 2. The molecule has 0 spiro atoms. The molecule has 6 nitrogen and oxygen atoms in total. The Morgan fingerprint density at radius 1 is 0.938 bits per heavy atom. The molecule has 1 aromatic rings. The predicted molar refractivity (Wildman–Crippen MR) is 132 cm³/mol. The predicted octanol–water partition coefficient (Wildman–Crippen LogP) is 6.01.